The van der Waals surface area contributed by atoms with E-state index in [1.807, 2.05) is 43.3 Å². The number of methoxy groups -OCH3 is 2. The maximum absolute atomic E-state index is 13.3. The first-order valence-electron chi connectivity index (χ1n) is 11.1. The number of hydrogen-bond acceptors (Lipinski definition) is 5. The second kappa shape index (κ2) is 10.6. The van der Waals surface area contributed by atoms with Gasteiger partial charge in [0.15, 0.2) is 0 Å². The number of anilines is 2. The molecule has 0 aromatic heterocycles. The summed E-state index contributed by atoms with van der Waals surface area (Å²) in [6.45, 7) is 2.29. The summed E-state index contributed by atoms with van der Waals surface area (Å²) >= 11 is 0. The summed E-state index contributed by atoms with van der Waals surface area (Å²) in [6, 6.07) is 23.5. The molecule has 0 heterocycles. The third-order valence-electron chi connectivity index (χ3n) is 5.45. The predicted octanol–water partition coefficient (Wildman–Crippen LogP) is 5.76. The molecule has 7 heteroatoms. The van der Waals surface area contributed by atoms with Gasteiger partial charge in [0.1, 0.15) is 17.2 Å². The lowest BCUT2D eigenvalue weighted by atomic mass is 10.0. The molecule has 0 aliphatic carbocycles. The molecule has 4 aromatic carbocycles. The van der Waals surface area contributed by atoms with Crippen molar-refractivity contribution in [3.8, 4) is 17.2 Å². The van der Waals surface area contributed by atoms with Crippen LogP contribution in [0, 0.1) is 0 Å². The van der Waals surface area contributed by atoms with Crippen LogP contribution >= 0.6 is 0 Å². The molecule has 2 amide bonds. The van der Waals surface area contributed by atoms with E-state index in [2.05, 4.69) is 10.6 Å². The number of carbonyl (C=O) groups is 2. The average molecular weight is 471 g/mol. The number of nitrogens with one attached hydrogen (secondary N) is 2. The smallest absolute Gasteiger partial charge is 0.259 e. The van der Waals surface area contributed by atoms with E-state index in [1.54, 1.807) is 42.5 Å². The molecular formula is C28H26N2O5. The molecule has 4 aromatic rings. The van der Waals surface area contributed by atoms with Crippen LogP contribution in [0.2, 0.25) is 0 Å². The summed E-state index contributed by atoms with van der Waals surface area (Å²) in [5, 5.41) is 7.62. The van der Waals surface area contributed by atoms with Crippen LogP contribution < -0.4 is 24.8 Å². The largest absolute Gasteiger partial charge is 0.494 e. The van der Waals surface area contributed by atoms with Gasteiger partial charge in [-0.1, -0.05) is 42.5 Å². The molecule has 0 bridgehead atoms. The van der Waals surface area contributed by atoms with Gasteiger partial charge in [0.25, 0.3) is 11.8 Å². The molecule has 0 aliphatic heterocycles. The fraction of sp³-hybridized carbons (Fsp3) is 0.143. The minimum absolute atomic E-state index is 0.291. The van der Waals surface area contributed by atoms with Crippen LogP contribution in [-0.4, -0.2) is 32.6 Å². The number of rotatable bonds is 8. The van der Waals surface area contributed by atoms with Crippen LogP contribution in [0.15, 0.2) is 78.9 Å². The first-order valence-corrected chi connectivity index (χ1v) is 11.1. The summed E-state index contributed by atoms with van der Waals surface area (Å²) in [7, 11) is 2.98. The standard InChI is InChI=1S/C28H26N2O5/c1-4-35-24-15-20-13-9-8-12-19(20)14-21(24)28(32)30-23-17-25(33-2)22(16-26(23)34-3)29-27(31)18-10-6-5-7-11-18/h5-17H,4H2,1-3H3,(H,29,31)(H,30,32). The maximum Gasteiger partial charge on any atom is 0.259 e. The molecule has 4 rings (SSSR count). The van der Waals surface area contributed by atoms with Gasteiger partial charge in [-0.15, -0.1) is 0 Å². The van der Waals surface area contributed by atoms with Gasteiger partial charge < -0.3 is 24.8 Å². The van der Waals surface area contributed by atoms with E-state index in [0.29, 0.717) is 46.4 Å². The molecule has 0 aliphatic rings. The van der Waals surface area contributed by atoms with Gasteiger partial charge in [0.05, 0.1) is 37.8 Å². The molecular weight excluding hydrogens is 444 g/mol. The van der Waals surface area contributed by atoms with Gasteiger partial charge in [-0.2, -0.15) is 0 Å². The predicted molar refractivity (Wildman–Crippen MR) is 137 cm³/mol. The summed E-state index contributed by atoms with van der Waals surface area (Å²) < 4.78 is 16.7. The summed E-state index contributed by atoms with van der Waals surface area (Å²) in [5.74, 6) is 0.567. The Bertz CT molecular complexity index is 1370. The second-order valence-electron chi connectivity index (χ2n) is 7.66. The van der Waals surface area contributed by atoms with Gasteiger partial charge >= 0.3 is 0 Å². The Hall–Kier alpha value is -4.52. The number of hydrogen-bond donors (Lipinski definition) is 2. The zero-order chi connectivity index (χ0) is 24.8. The molecule has 0 radical (unpaired) electrons. The SMILES string of the molecule is CCOc1cc2ccccc2cc1C(=O)Nc1cc(OC)c(NC(=O)c2ccccc2)cc1OC. The van der Waals surface area contributed by atoms with E-state index >= 15 is 0 Å². The monoisotopic (exact) mass is 470 g/mol. The Labute approximate surface area is 203 Å². The third kappa shape index (κ3) is 5.19. The first kappa shape index (κ1) is 23.6. The van der Waals surface area contributed by atoms with Gasteiger partial charge in [-0.25, -0.2) is 0 Å². The topological polar surface area (TPSA) is 85.9 Å². The van der Waals surface area contributed by atoms with Crippen molar-refractivity contribution in [2.45, 2.75) is 6.92 Å². The number of benzene rings is 4. The highest BCUT2D eigenvalue weighted by Gasteiger charge is 2.19. The van der Waals surface area contributed by atoms with Crippen molar-refractivity contribution < 1.29 is 23.8 Å². The lowest BCUT2D eigenvalue weighted by Gasteiger charge is -2.17. The van der Waals surface area contributed by atoms with E-state index < -0.39 is 0 Å². The molecule has 0 saturated carbocycles. The molecule has 0 saturated heterocycles. The molecule has 178 valence electrons. The average Bonchev–Trinajstić information content (AvgIpc) is 2.89. The molecule has 35 heavy (non-hydrogen) atoms. The molecule has 0 unspecified atom stereocenters. The molecule has 0 spiro atoms. The van der Waals surface area contributed by atoms with Crippen molar-refractivity contribution >= 4 is 34.0 Å². The van der Waals surface area contributed by atoms with Crippen LogP contribution in [0.1, 0.15) is 27.6 Å². The zero-order valence-corrected chi connectivity index (χ0v) is 19.8. The van der Waals surface area contributed by atoms with E-state index in [9.17, 15) is 9.59 Å². The van der Waals surface area contributed by atoms with Gasteiger partial charge in [0.2, 0.25) is 0 Å². The first-order chi connectivity index (χ1) is 17.0. The summed E-state index contributed by atoms with van der Waals surface area (Å²) in [6.07, 6.45) is 0. The van der Waals surface area contributed by atoms with Crippen molar-refractivity contribution in [2.24, 2.45) is 0 Å². The van der Waals surface area contributed by atoms with Gasteiger partial charge in [0, 0.05) is 17.7 Å². The normalized spacial score (nSPS) is 10.5. The molecule has 0 atom stereocenters. The second-order valence-corrected chi connectivity index (χ2v) is 7.66. The maximum atomic E-state index is 13.3. The third-order valence-corrected chi connectivity index (χ3v) is 5.45. The number of ether oxygens (including phenoxy) is 3. The van der Waals surface area contributed by atoms with Crippen LogP contribution in [0.5, 0.6) is 17.2 Å². The highest BCUT2D eigenvalue weighted by atomic mass is 16.5. The Morgan fingerprint density at radius 3 is 1.80 bits per heavy atom. The fourth-order valence-corrected chi connectivity index (χ4v) is 3.74. The van der Waals surface area contributed by atoms with Crippen molar-refractivity contribution in [2.75, 3.05) is 31.5 Å². The minimum Gasteiger partial charge on any atom is -0.494 e. The number of amides is 2. The molecule has 0 fully saturated rings. The minimum atomic E-state index is -0.361. The zero-order valence-electron chi connectivity index (χ0n) is 19.8. The molecule has 2 N–H and O–H groups in total. The van der Waals surface area contributed by atoms with Crippen LogP contribution in [0.25, 0.3) is 10.8 Å². The van der Waals surface area contributed by atoms with Crippen LogP contribution in [0.4, 0.5) is 11.4 Å². The summed E-state index contributed by atoms with van der Waals surface area (Å²) in [5.41, 5.74) is 1.71. The van der Waals surface area contributed by atoms with Crippen LogP contribution in [0.3, 0.4) is 0 Å². The van der Waals surface area contributed by atoms with E-state index in [-0.39, 0.29) is 11.8 Å². The highest BCUT2D eigenvalue weighted by Crippen LogP contribution is 2.37. The Kier molecular flexibility index (Phi) is 7.16. The van der Waals surface area contributed by atoms with Crippen molar-refractivity contribution in [3.63, 3.8) is 0 Å². The van der Waals surface area contributed by atoms with E-state index in [0.717, 1.165) is 10.8 Å². The molecule has 7 nitrogen and oxygen atoms in total. The lowest BCUT2D eigenvalue weighted by molar-refractivity contribution is 0.101. The number of carbonyl (C=O) groups excluding carboxylic acids is 2. The van der Waals surface area contributed by atoms with Crippen LogP contribution in [-0.2, 0) is 0 Å². The van der Waals surface area contributed by atoms with E-state index in [4.69, 9.17) is 14.2 Å². The van der Waals surface area contributed by atoms with Gasteiger partial charge in [-0.3, -0.25) is 9.59 Å². The summed E-state index contributed by atoms with van der Waals surface area (Å²) in [4.78, 5) is 26.0. The van der Waals surface area contributed by atoms with Gasteiger partial charge in [-0.05, 0) is 42.0 Å². The van der Waals surface area contributed by atoms with E-state index in [1.165, 1.54) is 14.2 Å². The van der Waals surface area contributed by atoms with Crippen molar-refractivity contribution in [3.05, 3.63) is 90.0 Å². The fourth-order valence-electron chi connectivity index (χ4n) is 3.74. The van der Waals surface area contributed by atoms with Crippen molar-refractivity contribution in [1.29, 1.82) is 0 Å². The highest BCUT2D eigenvalue weighted by molar-refractivity contribution is 6.10. The quantitative estimate of drug-likeness (QED) is 0.342. The number of fused-ring (bicyclic) bond motifs is 1. The lowest BCUT2D eigenvalue weighted by Crippen LogP contribution is -2.16. The Morgan fingerprint density at radius 1 is 0.686 bits per heavy atom. The Morgan fingerprint density at radius 2 is 1.23 bits per heavy atom. The van der Waals surface area contributed by atoms with Crippen molar-refractivity contribution in [1.82, 2.24) is 0 Å². The Balaban J connectivity index is 1.66.